The summed E-state index contributed by atoms with van der Waals surface area (Å²) in [7, 11) is -7.38. The van der Waals surface area contributed by atoms with E-state index in [1.54, 1.807) is 24.3 Å². The van der Waals surface area contributed by atoms with Gasteiger partial charge >= 0.3 is 0 Å². The highest BCUT2D eigenvalue weighted by Crippen LogP contribution is 2.31. The van der Waals surface area contributed by atoms with Gasteiger partial charge in [0.15, 0.2) is 0 Å². The second kappa shape index (κ2) is 9.90. The molecule has 0 heterocycles. The molecule has 0 fully saturated rings. The van der Waals surface area contributed by atoms with E-state index in [4.69, 9.17) is 27.9 Å². The van der Waals surface area contributed by atoms with Crippen LogP contribution in [-0.4, -0.2) is 16.8 Å². The summed E-state index contributed by atoms with van der Waals surface area (Å²) >= 11 is 11.7. The van der Waals surface area contributed by atoms with Crippen molar-refractivity contribution in [2.45, 2.75) is 39.0 Å². The summed E-state index contributed by atoms with van der Waals surface area (Å²) < 4.78 is 57.6. The molecule has 36 heavy (non-hydrogen) atoms. The smallest absolute Gasteiger partial charge is 0.206 e. The lowest BCUT2D eigenvalue weighted by Gasteiger charge is -2.27. The maximum Gasteiger partial charge on any atom is 0.206 e. The van der Waals surface area contributed by atoms with Gasteiger partial charge in [-0.05, 0) is 104 Å². The van der Waals surface area contributed by atoms with E-state index in [0.717, 1.165) is 5.56 Å². The van der Waals surface area contributed by atoms with Crippen LogP contribution in [0.4, 0.5) is 0 Å². The lowest BCUT2D eigenvalue weighted by Crippen LogP contribution is -2.25. The zero-order valence-corrected chi connectivity index (χ0v) is 22.5. The fraction of sp³-hybridized carbons (Fsp3) is 0.111. The van der Waals surface area contributed by atoms with Gasteiger partial charge in [0, 0.05) is 10.0 Å². The standard InChI is InChI=1S/C27H22Cl2O5S2/c1-27(2,19-3-11-23(12-4-19)35(30,31)24-13-5-20(28)6-14-24)34-22-9-17-26(18-10-22)36(32,33)25-15-7-21(29)8-16-25/h3-18H,1-2H3. The number of rotatable bonds is 7. The Hall–Kier alpha value is -2.84. The highest BCUT2D eigenvalue weighted by Gasteiger charge is 2.25. The molecule has 0 aromatic heterocycles. The molecule has 186 valence electrons. The number of hydrogen-bond donors (Lipinski definition) is 0. The Kier molecular flexibility index (Phi) is 7.21. The van der Waals surface area contributed by atoms with E-state index in [9.17, 15) is 16.8 Å². The third-order valence-electron chi connectivity index (χ3n) is 5.61. The van der Waals surface area contributed by atoms with Gasteiger partial charge in [-0.1, -0.05) is 35.3 Å². The van der Waals surface area contributed by atoms with Crippen LogP contribution in [0.2, 0.25) is 10.0 Å². The molecule has 0 N–H and O–H groups in total. The third-order valence-corrected chi connectivity index (χ3v) is 9.69. The zero-order chi connectivity index (χ0) is 26.1. The first-order valence-electron chi connectivity index (χ1n) is 10.8. The molecule has 0 spiro atoms. The Balaban J connectivity index is 1.52. The predicted molar refractivity (Wildman–Crippen MR) is 140 cm³/mol. The van der Waals surface area contributed by atoms with Crippen molar-refractivity contribution in [1.82, 2.24) is 0 Å². The topological polar surface area (TPSA) is 77.5 Å². The van der Waals surface area contributed by atoms with Crippen LogP contribution < -0.4 is 4.74 Å². The van der Waals surface area contributed by atoms with Crippen molar-refractivity contribution < 1.29 is 21.6 Å². The lowest BCUT2D eigenvalue weighted by atomic mass is 9.98. The average Bonchev–Trinajstić information content (AvgIpc) is 2.85. The maximum absolute atomic E-state index is 12.9. The van der Waals surface area contributed by atoms with E-state index in [2.05, 4.69) is 0 Å². The van der Waals surface area contributed by atoms with Crippen LogP contribution in [-0.2, 0) is 25.3 Å². The second-order valence-electron chi connectivity index (χ2n) is 8.52. The Bertz CT molecular complexity index is 1580. The van der Waals surface area contributed by atoms with Gasteiger partial charge < -0.3 is 4.74 Å². The first-order chi connectivity index (χ1) is 16.9. The van der Waals surface area contributed by atoms with E-state index >= 15 is 0 Å². The summed E-state index contributed by atoms with van der Waals surface area (Å²) in [4.78, 5) is 0.589. The van der Waals surface area contributed by atoms with E-state index in [0.29, 0.717) is 15.8 Å². The molecule has 4 aromatic rings. The lowest BCUT2D eigenvalue weighted by molar-refractivity contribution is 0.108. The van der Waals surface area contributed by atoms with Gasteiger partial charge in [-0.2, -0.15) is 0 Å². The molecule has 4 rings (SSSR count). The van der Waals surface area contributed by atoms with Crippen molar-refractivity contribution in [2.24, 2.45) is 0 Å². The molecule has 0 unspecified atom stereocenters. The fourth-order valence-corrected chi connectivity index (χ4v) is 6.35. The minimum Gasteiger partial charge on any atom is -0.483 e. The molecule has 0 saturated carbocycles. The maximum atomic E-state index is 12.9. The van der Waals surface area contributed by atoms with Crippen molar-refractivity contribution in [3.63, 3.8) is 0 Å². The molecular formula is C27H22Cl2O5S2. The van der Waals surface area contributed by atoms with E-state index in [1.165, 1.54) is 72.8 Å². The molecule has 0 aliphatic rings. The van der Waals surface area contributed by atoms with Crippen LogP contribution in [0.25, 0.3) is 0 Å². The van der Waals surface area contributed by atoms with Crippen molar-refractivity contribution in [2.75, 3.05) is 0 Å². The van der Waals surface area contributed by atoms with Crippen LogP contribution in [0.3, 0.4) is 0 Å². The minimum atomic E-state index is -3.69. The van der Waals surface area contributed by atoms with Gasteiger partial charge in [0.2, 0.25) is 19.7 Å². The summed E-state index contributed by atoms with van der Waals surface area (Å²) in [6.45, 7) is 3.68. The third kappa shape index (κ3) is 5.44. The molecule has 0 amide bonds. The Morgan fingerprint density at radius 3 is 1.19 bits per heavy atom. The summed E-state index contributed by atoms with van der Waals surface area (Å²) in [6, 6.07) is 24.6. The molecule has 0 bridgehead atoms. The summed E-state index contributed by atoms with van der Waals surface area (Å²) in [6.07, 6.45) is 0. The zero-order valence-electron chi connectivity index (χ0n) is 19.4. The number of sulfone groups is 2. The normalized spacial score (nSPS) is 12.3. The Morgan fingerprint density at radius 2 is 0.833 bits per heavy atom. The monoisotopic (exact) mass is 560 g/mol. The molecule has 0 saturated heterocycles. The highest BCUT2D eigenvalue weighted by molar-refractivity contribution is 7.91. The summed E-state index contributed by atoms with van der Waals surface area (Å²) in [5.41, 5.74) is -0.0745. The minimum absolute atomic E-state index is 0.131. The molecule has 9 heteroatoms. The van der Waals surface area contributed by atoms with Crippen molar-refractivity contribution in [3.05, 3.63) is 113 Å². The summed E-state index contributed by atoms with van der Waals surface area (Å²) in [5, 5.41) is 0.911. The second-order valence-corrected chi connectivity index (χ2v) is 13.3. The van der Waals surface area contributed by atoms with Gasteiger partial charge in [-0.15, -0.1) is 0 Å². The average molecular weight is 562 g/mol. The molecule has 4 aromatic carbocycles. The van der Waals surface area contributed by atoms with Crippen LogP contribution in [0.1, 0.15) is 19.4 Å². The number of ether oxygens (including phenoxy) is 1. The number of benzene rings is 4. The highest BCUT2D eigenvalue weighted by atomic mass is 35.5. The Morgan fingerprint density at radius 1 is 0.528 bits per heavy atom. The first-order valence-corrected chi connectivity index (χ1v) is 14.5. The Labute approximate surface area is 221 Å². The predicted octanol–water partition coefficient (Wildman–Crippen LogP) is 6.97. The van der Waals surface area contributed by atoms with Crippen LogP contribution in [0.5, 0.6) is 5.75 Å². The first kappa shape index (κ1) is 26.2. The molecule has 0 atom stereocenters. The number of halogens is 2. The van der Waals surface area contributed by atoms with Gasteiger partial charge in [-0.25, -0.2) is 16.8 Å². The SMILES string of the molecule is CC(C)(Oc1ccc(S(=O)(=O)c2ccc(Cl)cc2)cc1)c1ccc(S(=O)(=O)c2ccc(Cl)cc2)cc1. The quantitative estimate of drug-likeness (QED) is 0.244. The van der Waals surface area contributed by atoms with Gasteiger partial charge in [0.05, 0.1) is 19.6 Å². The number of hydrogen-bond acceptors (Lipinski definition) is 5. The fourth-order valence-electron chi connectivity index (χ4n) is 3.58. The van der Waals surface area contributed by atoms with Crippen LogP contribution in [0, 0.1) is 0 Å². The van der Waals surface area contributed by atoms with E-state index in [1.807, 2.05) is 13.8 Å². The van der Waals surface area contributed by atoms with Gasteiger partial charge in [0.1, 0.15) is 11.4 Å². The van der Waals surface area contributed by atoms with Gasteiger partial charge in [0.25, 0.3) is 0 Å². The van der Waals surface area contributed by atoms with Crippen molar-refractivity contribution in [3.8, 4) is 5.75 Å². The van der Waals surface area contributed by atoms with Gasteiger partial charge in [-0.3, -0.25) is 0 Å². The summed E-state index contributed by atoms with van der Waals surface area (Å²) in [5.74, 6) is 0.466. The van der Waals surface area contributed by atoms with E-state index in [-0.39, 0.29) is 19.6 Å². The molecule has 0 radical (unpaired) electrons. The largest absolute Gasteiger partial charge is 0.483 e. The van der Waals surface area contributed by atoms with Crippen molar-refractivity contribution in [1.29, 1.82) is 0 Å². The molecule has 0 aliphatic heterocycles. The molecule has 5 nitrogen and oxygen atoms in total. The van der Waals surface area contributed by atoms with Crippen molar-refractivity contribution >= 4 is 42.9 Å². The van der Waals surface area contributed by atoms with E-state index < -0.39 is 25.3 Å². The molecule has 0 aliphatic carbocycles. The van der Waals surface area contributed by atoms with Crippen LogP contribution in [0.15, 0.2) is 117 Å². The molecular weight excluding hydrogens is 539 g/mol. The van der Waals surface area contributed by atoms with Crippen LogP contribution >= 0.6 is 23.2 Å².